The van der Waals surface area contributed by atoms with Crippen molar-refractivity contribution in [2.45, 2.75) is 77.7 Å². The van der Waals surface area contributed by atoms with Crippen molar-refractivity contribution in [2.24, 2.45) is 0 Å². The molecule has 0 aliphatic rings. The maximum absolute atomic E-state index is 12.8. The first kappa shape index (κ1) is 31.5. The number of unbranched alkanes of at least 4 members (excludes halogenated alkanes) is 4. The smallest absolute Gasteiger partial charge is 0.326 e. The molecule has 226 valence electrons. The van der Waals surface area contributed by atoms with Crippen LogP contribution in [0, 0.1) is 0 Å². The normalized spacial score (nSPS) is 12.1. The topological polar surface area (TPSA) is 93.5 Å². The molecule has 0 fully saturated rings. The zero-order chi connectivity index (χ0) is 30.8. The highest BCUT2D eigenvalue weighted by molar-refractivity contribution is 5.96. The Kier molecular flexibility index (Phi) is 10.8. The van der Waals surface area contributed by atoms with Gasteiger partial charge in [-0.15, -0.1) is 0 Å². The molecular weight excluding hydrogens is 538 g/mol. The van der Waals surface area contributed by atoms with Crippen molar-refractivity contribution in [2.75, 3.05) is 6.61 Å². The molecular formula is C36H43N3O4. The van der Waals surface area contributed by atoms with E-state index in [-0.39, 0.29) is 11.8 Å². The van der Waals surface area contributed by atoms with Gasteiger partial charge in [0.25, 0.3) is 5.91 Å². The maximum atomic E-state index is 12.8. The van der Waals surface area contributed by atoms with Crippen LogP contribution in [0.4, 0.5) is 0 Å². The second kappa shape index (κ2) is 14.7. The summed E-state index contributed by atoms with van der Waals surface area (Å²) in [6.45, 7) is 9.26. The number of carbonyl (C=O) groups is 2. The molecule has 4 rings (SSSR count). The number of aliphatic carboxylic acids is 1. The van der Waals surface area contributed by atoms with Gasteiger partial charge in [-0.2, -0.15) is 0 Å². The van der Waals surface area contributed by atoms with E-state index in [0.29, 0.717) is 5.56 Å². The summed E-state index contributed by atoms with van der Waals surface area (Å²) in [5.74, 6) is -0.618. The van der Waals surface area contributed by atoms with Crippen molar-refractivity contribution < 1.29 is 19.4 Å². The number of benzene rings is 3. The van der Waals surface area contributed by atoms with Gasteiger partial charge in [-0.25, -0.2) is 9.78 Å². The van der Waals surface area contributed by atoms with Crippen molar-refractivity contribution in [1.82, 2.24) is 14.9 Å². The van der Waals surface area contributed by atoms with Crippen molar-refractivity contribution in [1.29, 1.82) is 0 Å². The molecule has 1 atom stereocenters. The van der Waals surface area contributed by atoms with Gasteiger partial charge in [0, 0.05) is 29.4 Å². The summed E-state index contributed by atoms with van der Waals surface area (Å²) in [6, 6.07) is 21.8. The minimum Gasteiger partial charge on any atom is -0.494 e. The fraction of sp³-hybridized carbons (Fsp3) is 0.361. The molecule has 1 aromatic heterocycles. The van der Waals surface area contributed by atoms with E-state index < -0.39 is 17.9 Å². The van der Waals surface area contributed by atoms with Gasteiger partial charge in [0.1, 0.15) is 11.8 Å². The zero-order valence-electron chi connectivity index (χ0n) is 25.7. The van der Waals surface area contributed by atoms with Gasteiger partial charge in [-0.1, -0.05) is 89.8 Å². The monoisotopic (exact) mass is 581 g/mol. The number of hydrogen-bond donors (Lipinski definition) is 2. The van der Waals surface area contributed by atoms with Gasteiger partial charge in [-0.05, 0) is 59.4 Å². The summed E-state index contributed by atoms with van der Waals surface area (Å²) in [5.41, 5.74) is 5.02. The molecule has 0 aliphatic heterocycles. The number of imidazole rings is 1. The summed E-state index contributed by atoms with van der Waals surface area (Å²) in [6.07, 6.45) is 9.97. The van der Waals surface area contributed by atoms with Gasteiger partial charge < -0.3 is 19.7 Å². The van der Waals surface area contributed by atoms with Gasteiger partial charge in [-0.3, -0.25) is 4.79 Å². The molecule has 0 bridgehead atoms. The van der Waals surface area contributed by atoms with Crippen LogP contribution in [0.3, 0.4) is 0 Å². The molecule has 1 heterocycles. The van der Waals surface area contributed by atoms with Gasteiger partial charge in [0.05, 0.1) is 18.6 Å². The van der Waals surface area contributed by atoms with Crippen LogP contribution in [0.15, 0.2) is 85.3 Å². The molecule has 0 radical (unpaired) electrons. The Morgan fingerprint density at radius 1 is 0.907 bits per heavy atom. The third-order valence-electron chi connectivity index (χ3n) is 7.54. The number of carbonyl (C=O) groups excluding carboxylic acids is 1. The van der Waals surface area contributed by atoms with E-state index in [4.69, 9.17) is 4.74 Å². The Labute approximate surface area is 254 Å². The number of carboxylic acid groups (broad SMARTS) is 1. The summed E-state index contributed by atoms with van der Waals surface area (Å²) in [4.78, 5) is 29.3. The molecule has 0 saturated heterocycles. The van der Waals surface area contributed by atoms with Crippen LogP contribution in [0.2, 0.25) is 0 Å². The molecule has 0 unspecified atom stereocenters. The molecule has 0 spiro atoms. The number of hydrogen-bond acceptors (Lipinski definition) is 4. The minimum absolute atomic E-state index is 0.0311. The number of nitrogens with one attached hydrogen (secondary N) is 1. The van der Waals surface area contributed by atoms with Crippen LogP contribution in [0.5, 0.6) is 5.75 Å². The fourth-order valence-electron chi connectivity index (χ4n) is 4.83. The first-order chi connectivity index (χ1) is 20.6. The van der Waals surface area contributed by atoms with Crippen LogP contribution in [0.1, 0.15) is 81.3 Å². The number of carboxylic acids is 1. The lowest BCUT2D eigenvalue weighted by atomic mass is 9.86. The van der Waals surface area contributed by atoms with E-state index in [1.807, 2.05) is 71.4 Å². The number of aromatic nitrogens is 2. The molecule has 7 nitrogen and oxygen atoms in total. The predicted octanol–water partition coefficient (Wildman–Crippen LogP) is 7.61. The van der Waals surface area contributed by atoms with Crippen LogP contribution >= 0.6 is 0 Å². The minimum atomic E-state index is -1.08. The van der Waals surface area contributed by atoms with Crippen LogP contribution in [-0.2, 0) is 16.6 Å². The molecule has 7 heteroatoms. The zero-order valence-corrected chi connectivity index (χ0v) is 25.7. The number of amides is 1. The Morgan fingerprint density at radius 3 is 2.21 bits per heavy atom. The highest BCUT2D eigenvalue weighted by Crippen LogP contribution is 2.23. The average Bonchev–Trinajstić information content (AvgIpc) is 3.49. The molecule has 3 aromatic carbocycles. The van der Waals surface area contributed by atoms with E-state index in [9.17, 15) is 14.7 Å². The third kappa shape index (κ3) is 9.05. The number of ether oxygens (including phenoxy) is 1. The second-order valence-corrected chi connectivity index (χ2v) is 12.0. The molecule has 4 aromatic rings. The summed E-state index contributed by atoms with van der Waals surface area (Å²) >= 11 is 0. The SMILES string of the molecule is CCCCCCCOc1ccc(-n2cnc(-c3ccc(C[C@H](NC(=O)c4ccc(C(C)(C)C)cc4)C(=O)O)cc3)c2)cc1. The molecule has 0 aliphatic carbocycles. The average molecular weight is 582 g/mol. The van der Waals surface area contributed by atoms with E-state index in [0.717, 1.165) is 46.8 Å². The highest BCUT2D eigenvalue weighted by atomic mass is 16.5. The first-order valence-corrected chi connectivity index (χ1v) is 15.1. The summed E-state index contributed by atoms with van der Waals surface area (Å²) in [7, 11) is 0. The van der Waals surface area contributed by atoms with Crippen LogP contribution in [0.25, 0.3) is 16.9 Å². The molecule has 2 N–H and O–H groups in total. The highest BCUT2D eigenvalue weighted by Gasteiger charge is 2.22. The van der Waals surface area contributed by atoms with Gasteiger partial charge >= 0.3 is 5.97 Å². The van der Waals surface area contributed by atoms with Crippen LogP contribution in [-0.4, -0.2) is 39.2 Å². The van der Waals surface area contributed by atoms with Crippen molar-refractivity contribution in [3.05, 3.63) is 102 Å². The second-order valence-electron chi connectivity index (χ2n) is 12.0. The summed E-state index contributed by atoms with van der Waals surface area (Å²) < 4.78 is 7.84. The lowest BCUT2D eigenvalue weighted by Gasteiger charge is -2.19. The molecule has 0 saturated carbocycles. The van der Waals surface area contributed by atoms with Crippen molar-refractivity contribution in [3.63, 3.8) is 0 Å². The standard InChI is InChI=1S/C36H43N3O4/c1-5-6-7-8-9-22-43-31-20-18-30(19-21-31)39-24-33(37-25-39)27-12-10-26(11-13-27)23-32(35(41)42)38-34(40)28-14-16-29(17-15-28)36(2,3)4/h10-21,24-25,32H,5-9,22-23H2,1-4H3,(H,38,40)(H,41,42)/t32-/m0/s1. The Morgan fingerprint density at radius 2 is 1.58 bits per heavy atom. The fourth-order valence-corrected chi connectivity index (χ4v) is 4.83. The Hall–Kier alpha value is -4.39. The quantitative estimate of drug-likeness (QED) is 0.150. The van der Waals surface area contributed by atoms with E-state index >= 15 is 0 Å². The van der Waals surface area contributed by atoms with Crippen molar-refractivity contribution in [3.8, 4) is 22.7 Å². The van der Waals surface area contributed by atoms with Gasteiger partial charge in [0.2, 0.25) is 0 Å². The van der Waals surface area contributed by atoms with Crippen molar-refractivity contribution >= 4 is 11.9 Å². The largest absolute Gasteiger partial charge is 0.494 e. The summed E-state index contributed by atoms with van der Waals surface area (Å²) in [5, 5.41) is 12.5. The van der Waals surface area contributed by atoms with Gasteiger partial charge in [0.15, 0.2) is 0 Å². The first-order valence-electron chi connectivity index (χ1n) is 15.1. The van der Waals surface area contributed by atoms with Crippen LogP contribution < -0.4 is 10.1 Å². The molecule has 1 amide bonds. The molecule has 43 heavy (non-hydrogen) atoms. The number of nitrogens with zero attached hydrogens (tertiary/aromatic N) is 2. The maximum Gasteiger partial charge on any atom is 0.326 e. The third-order valence-corrected chi connectivity index (χ3v) is 7.54. The number of rotatable bonds is 14. The lowest BCUT2D eigenvalue weighted by Crippen LogP contribution is -2.42. The van der Waals surface area contributed by atoms with E-state index in [2.05, 4.69) is 38.0 Å². The Balaban J connectivity index is 1.33. The predicted molar refractivity (Wildman–Crippen MR) is 171 cm³/mol. The van der Waals surface area contributed by atoms with E-state index in [1.54, 1.807) is 18.5 Å². The van der Waals surface area contributed by atoms with E-state index in [1.165, 1.54) is 25.7 Å². The lowest BCUT2D eigenvalue weighted by molar-refractivity contribution is -0.139. The Bertz CT molecular complexity index is 1470.